The van der Waals surface area contributed by atoms with Gasteiger partial charge in [-0.1, -0.05) is 61.2 Å². The maximum atomic E-state index is 12.9. The molecule has 1 heterocycles. The molecule has 5 nitrogen and oxygen atoms in total. The number of anilines is 1. The van der Waals surface area contributed by atoms with Gasteiger partial charge in [-0.2, -0.15) is 0 Å². The van der Waals surface area contributed by atoms with Crippen molar-refractivity contribution in [2.45, 2.75) is 19.8 Å². The summed E-state index contributed by atoms with van der Waals surface area (Å²) in [6, 6.07) is 14.9. The highest BCUT2D eigenvalue weighted by atomic mass is 32.2. The number of carboxylic acid groups (broad SMARTS) is 1. The van der Waals surface area contributed by atoms with Crippen molar-refractivity contribution in [2.24, 2.45) is 0 Å². The predicted octanol–water partition coefficient (Wildman–Crippen LogP) is 4.51. The van der Waals surface area contributed by atoms with E-state index in [1.54, 1.807) is 23.1 Å². The van der Waals surface area contributed by atoms with E-state index < -0.39 is 5.97 Å². The van der Waals surface area contributed by atoms with E-state index >= 15 is 0 Å². The first-order valence-corrected chi connectivity index (χ1v) is 10.0. The highest BCUT2D eigenvalue weighted by Gasteiger charge is 2.34. The van der Waals surface area contributed by atoms with Crippen LogP contribution < -0.4 is 9.64 Å². The van der Waals surface area contributed by atoms with E-state index in [1.807, 2.05) is 43.3 Å². The van der Waals surface area contributed by atoms with Crippen molar-refractivity contribution in [1.82, 2.24) is 0 Å². The number of benzene rings is 2. The van der Waals surface area contributed by atoms with E-state index in [9.17, 15) is 9.59 Å². The number of thiocarbonyl (C=S) groups is 1. The minimum absolute atomic E-state index is 0.0521. The molecule has 0 aromatic heterocycles. The summed E-state index contributed by atoms with van der Waals surface area (Å²) < 4.78 is 5.90. The standard InChI is InChI=1S/C21H19NO4S2/c1-2-15-5-3-4-6-17(15)22-20(25)18(28-21(22)27)13-14-7-9-16(10-8-14)26-12-11-19(23)24/h3-10,13H,2,11-12H2,1H3,(H,23,24)/b18-13+. The van der Waals surface area contributed by atoms with Gasteiger partial charge in [-0.3, -0.25) is 14.5 Å². The van der Waals surface area contributed by atoms with Gasteiger partial charge in [-0.25, -0.2) is 0 Å². The summed E-state index contributed by atoms with van der Waals surface area (Å²) in [6.07, 6.45) is 2.56. The fourth-order valence-corrected chi connectivity index (χ4v) is 4.06. The van der Waals surface area contributed by atoms with E-state index in [2.05, 4.69) is 0 Å². The molecule has 7 heteroatoms. The first-order valence-electron chi connectivity index (χ1n) is 8.80. The number of carbonyl (C=O) groups excluding carboxylic acids is 1. The Morgan fingerprint density at radius 3 is 2.61 bits per heavy atom. The van der Waals surface area contributed by atoms with Crippen LogP contribution in [0.15, 0.2) is 53.4 Å². The monoisotopic (exact) mass is 413 g/mol. The summed E-state index contributed by atoms with van der Waals surface area (Å²) in [4.78, 5) is 25.6. The average molecular weight is 414 g/mol. The fraction of sp³-hybridized carbons (Fsp3) is 0.190. The molecule has 1 amide bonds. The third-order valence-corrected chi connectivity index (χ3v) is 5.47. The average Bonchev–Trinajstić information content (AvgIpc) is 2.96. The molecule has 1 aliphatic rings. The molecule has 1 saturated heterocycles. The van der Waals surface area contributed by atoms with Gasteiger partial charge < -0.3 is 9.84 Å². The number of nitrogens with zero attached hydrogens (tertiary/aromatic N) is 1. The molecule has 0 aliphatic carbocycles. The maximum absolute atomic E-state index is 12.9. The minimum atomic E-state index is -0.900. The number of amides is 1. The summed E-state index contributed by atoms with van der Waals surface area (Å²) in [7, 11) is 0. The van der Waals surface area contributed by atoms with Gasteiger partial charge in [0.25, 0.3) is 5.91 Å². The van der Waals surface area contributed by atoms with E-state index in [4.69, 9.17) is 22.1 Å². The zero-order valence-corrected chi connectivity index (χ0v) is 16.9. The number of hydrogen-bond donors (Lipinski definition) is 1. The first-order chi connectivity index (χ1) is 13.5. The van der Waals surface area contributed by atoms with E-state index in [1.165, 1.54) is 11.8 Å². The zero-order chi connectivity index (χ0) is 20.1. The van der Waals surface area contributed by atoms with Gasteiger partial charge in [0.05, 0.1) is 23.6 Å². The Morgan fingerprint density at radius 1 is 1.21 bits per heavy atom. The Labute approximate surface area is 173 Å². The second kappa shape index (κ2) is 9.03. The van der Waals surface area contributed by atoms with Gasteiger partial charge in [-0.05, 0) is 41.8 Å². The molecule has 28 heavy (non-hydrogen) atoms. The minimum Gasteiger partial charge on any atom is -0.493 e. The number of para-hydroxylation sites is 1. The zero-order valence-electron chi connectivity index (χ0n) is 15.3. The summed E-state index contributed by atoms with van der Waals surface area (Å²) in [6.45, 7) is 2.16. The lowest BCUT2D eigenvalue weighted by molar-refractivity contribution is -0.137. The van der Waals surface area contributed by atoms with Gasteiger partial charge in [0, 0.05) is 0 Å². The van der Waals surface area contributed by atoms with Crippen molar-refractivity contribution in [3.05, 3.63) is 64.6 Å². The predicted molar refractivity (Wildman–Crippen MR) is 116 cm³/mol. The van der Waals surface area contributed by atoms with E-state index in [0.29, 0.717) is 15.0 Å². The van der Waals surface area contributed by atoms with Crippen molar-refractivity contribution < 1.29 is 19.4 Å². The smallest absolute Gasteiger partial charge is 0.306 e. The normalized spacial score (nSPS) is 15.3. The Hall–Kier alpha value is -2.64. The van der Waals surface area contributed by atoms with Crippen LogP contribution in [0, 0.1) is 0 Å². The third kappa shape index (κ3) is 4.61. The number of thioether (sulfide) groups is 1. The Bertz CT molecular complexity index is 938. The van der Waals surface area contributed by atoms with Crippen molar-refractivity contribution in [3.8, 4) is 5.75 Å². The van der Waals surface area contributed by atoms with Crippen LogP contribution in [-0.4, -0.2) is 27.9 Å². The molecule has 0 bridgehead atoms. The summed E-state index contributed by atoms with van der Waals surface area (Å²) in [5.41, 5.74) is 2.75. The lowest BCUT2D eigenvalue weighted by Crippen LogP contribution is -2.28. The molecule has 2 aromatic rings. The van der Waals surface area contributed by atoms with Crippen LogP contribution in [0.25, 0.3) is 6.08 Å². The molecule has 2 aromatic carbocycles. The molecule has 1 aliphatic heterocycles. The largest absolute Gasteiger partial charge is 0.493 e. The Morgan fingerprint density at radius 2 is 1.93 bits per heavy atom. The van der Waals surface area contributed by atoms with Crippen molar-refractivity contribution >= 4 is 51.9 Å². The molecular formula is C21H19NO4S2. The second-order valence-corrected chi connectivity index (χ2v) is 7.74. The first kappa shape index (κ1) is 20.1. The molecular weight excluding hydrogens is 394 g/mol. The van der Waals surface area contributed by atoms with Crippen LogP contribution in [0.3, 0.4) is 0 Å². The Balaban J connectivity index is 1.75. The van der Waals surface area contributed by atoms with Gasteiger partial charge in [-0.15, -0.1) is 0 Å². The molecule has 3 rings (SSSR count). The summed E-state index contributed by atoms with van der Waals surface area (Å²) in [5, 5.41) is 8.64. The van der Waals surface area contributed by atoms with E-state index in [-0.39, 0.29) is 18.9 Å². The van der Waals surface area contributed by atoms with Crippen LogP contribution in [0.4, 0.5) is 5.69 Å². The topological polar surface area (TPSA) is 66.8 Å². The van der Waals surface area contributed by atoms with Crippen molar-refractivity contribution in [1.29, 1.82) is 0 Å². The van der Waals surface area contributed by atoms with Crippen LogP contribution in [-0.2, 0) is 16.0 Å². The van der Waals surface area contributed by atoms with Crippen LogP contribution in [0.5, 0.6) is 5.75 Å². The number of rotatable bonds is 7. The highest BCUT2D eigenvalue weighted by Crippen LogP contribution is 2.37. The molecule has 0 spiro atoms. The number of carboxylic acids is 1. The van der Waals surface area contributed by atoms with Gasteiger partial charge in [0.1, 0.15) is 5.75 Å². The number of ether oxygens (including phenoxy) is 1. The molecule has 1 N–H and O–H groups in total. The van der Waals surface area contributed by atoms with Crippen molar-refractivity contribution in [3.63, 3.8) is 0 Å². The molecule has 144 valence electrons. The number of hydrogen-bond acceptors (Lipinski definition) is 5. The second-order valence-electron chi connectivity index (χ2n) is 6.06. The quantitative estimate of drug-likeness (QED) is 0.532. The highest BCUT2D eigenvalue weighted by molar-refractivity contribution is 8.27. The molecule has 1 fully saturated rings. The van der Waals surface area contributed by atoms with Crippen LogP contribution >= 0.6 is 24.0 Å². The fourth-order valence-electron chi connectivity index (χ4n) is 2.77. The van der Waals surface area contributed by atoms with Crippen LogP contribution in [0.2, 0.25) is 0 Å². The third-order valence-electron chi connectivity index (χ3n) is 4.17. The van der Waals surface area contributed by atoms with Crippen LogP contribution in [0.1, 0.15) is 24.5 Å². The van der Waals surface area contributed by atoms with Crippen molar-refractivity contribution in [2.75, 3.05) is 11.5 Å². The molecule has 0 atom stereocenters. The van der Waals surface area contributed by atoms with Gasteiger partial charge in [0.2, 0.25) is 0 Å². The SMILES string of the molecule is CCc1ccccc1N1C(=O)/C(=C\c2ccc(OCCC(=O)O)cc2)SC1=S. The molecule has 0 saturated carbocycles. The van der Waals surface area contributed by atoms with Gasteiger partial charge >= 0.3 is 5.97 Å². The number of carbonyl (C=O) groups is 2. The van der Waals surface area contributed by atoms with Gasteiger partial charge in [0.15, 0.2) is 4.32 Å². The van der Waals surface area contributed by atoms with E-state index in [0.717, 1.165) is 23.2 Å². The number of aryl methyl sites for hydroxylation is 1. The lowest BCUT2D eigenvalue weighted by Gasteiger charge is -2.18. The Kier molecular flexibility index (Phi) is 6.49. The maximum Gasteiger partial charge on any atom is 0.306 e. The lowest BCUT2D eigenvalue weighted by atomic mass is 10.1. The molecule has 0 radical (unpaired) electrons. The number of aliphatic carboxylic acids is 1. The molecule has 0 unspecified atom stereocenters. The summed E-state index contributed by atoms with van der Waals surface area (Å²) >= 11 is 6.73. The summed E-state index contributed by atoms with van der Waals surface area (Å²) in [5.74, 6) is -0.441.